The Balaban J connectivity index is 1.91. The molecule has 0 aromatic heterocycles. The van der Waals surface area contributed by atoms with Gasteiger partial charge in [0.05, 0.1) is 0 Å². The number of nitrogens with zero attached hydrogens (tertiary/aromatic N) is 1. The van der Waals surface area contributed by atoms with Crippen LogP contribution >= 0.6 is 0 Å². The van der Waals surface area contributed by atoms with Crippen LogP contribution < -0.4 is 5.32 Å². The van der Waals surface area contributed by atoms with Crippen LogP contribution in [0.4, 0.5) is 8.78 Å². The van der Waals surface area contributed by atoms with E-state index >= 15 is 0 Å². The predicted molar refractivity (Wildman–Crippen MR) is 82.2 cm³/mol. The SMILES string of the molecule is CCN(CCC(NC)c1cc(F)cc(F)c1)CC1CCC1. The Hall–Kier alpha value is -1.00. The first-order chi connectivity index (χ1) is 10.1. The molecule has 0 aliphatic heterocycles. The molecule has 0 heterocycles. The van der Waals surface area contributed by atoms with Gasteiger partial charge < -0.3 is 10.2 Å². The maximum atomic E-state index is 13.3. The summed E-state index contributed by atoms with van der Waals surface area (Å²) < 4.78 is 26.7. The molecule has 2 nitrogen and oxygen atoms in total. The second kappa shape index (κ2) is 7.85. The first-order valence-electron chi connectivity index (χ1n) is 7.98. The molecule has 1 aromatic rings. The highest BCUT2D eigenvalue weighted by atomic mass is 19.1. The Morgan fingerprint density at radius 2 is 1.90 bits per heavy atom. The van der Waals surface area contributed by atoms with Crippen LogP contribution in [0, 0.1) is 17.6 Å². The molecule has 1 fully saturated rings. The van der Waals surface area contributed by atoms with Gasteiger partial charge in [0.25, 0.3) is 0 Å². The highest BCUT2D eigenvalue weighted by Gasteiger charge is 2.20. The molecular weight excluding hydrogens is 270 g/mol. The van der Waals surface area contributed by atoms with Crippen molar-refractivity contribution in [2.24, 2.45) is 5.92 Å². The molecule has 1 N–H and O–H groups in total. The molecule has 0 amide bonds. The van der Waals surface area contributed by atoms with Crippen molar-refractivity contribution in [2.75, 3.05) is 26.7 Å². The highest BCUT2D eigenvalue weighted by Crippen LogP contribution is 2.27. The lowest BCUT2D eigenvalue weighted by Gasteiger charge is -2.32. The third-order valence-electron chi connectivity index (χ3n) is 4.56. The number of hydrogen-bond donors (Lipinski definition) is 1. The Bertz CT molecular complexity index is 426. The van der Waals surface area contributed by atoms with Crippen LogP contribution in [0.3, 0.4) is 0 Å². The van der Waals surface area contributed by atoms with E-state index in [0.29, 0.717) is 5.56 Å². The Kier molecular flexibility index (Phi) is 6.12. The molecule has 4 heteroatoms. The summed E-state index contributed by atoms with van der Waals surface area (Å²) in [6.45, 7) is 5.32. The van der Waals surface area contributed by atoms with Crippen molar-refractivity contribution in [3.05, 3.63) is 35.4 Å². The van der Waals surface area contributed by atoms with E-state index in [0.717, 1.165) is 38.0 Å². The third-order valence-corrected chi connectivity index (χ3v) is 4.56. The molecule has 0 bridgehead atoms. The summed E-state index contributed by atoms with van der Waals surface area (Å²) in [4.78, 5) is 2.45. The van der Waals surface area contributed by atoms with Gasteiger partial charge in [-0.05, 0) is 63.0 Å². The molecule has 1 aromatic carbocycles. The first kappa shape index (κ1) is 16.4. The van der Waals surface area contributed by atoms with Crippen molar-refractivity contribution in [1.29, 1.82) is 0 Å². The lowest BCUT2D eigenvalue weighted by Crippen LogP contribution is -2.34. The van der Waals surface area contributed by atoms with E-state index in [9.17, 15) is 8.78 Å². The zero-order chi connectivity index (χ0) is 15.2. The van der Waals surface area contributed by atoms with Gasteiger partial charge in [-0.25, -0.2) is 8.78 Å². The van der Waals surface area contributed by atoms with Gasteiger partial charge in [-0.1, -0.05) is 13.3 Å². The summed E-state index contributed by atoms with van der Waals surface area (Å²) in [6, 6.07) is 3.76. The minimum atomic E-state index is -0.507. The largest absolute Gasteiger partial charge is 0.313 e. The molecule has 0 saturated heterocycles. The lowest BCUT2D eigenvalue weighted by atomic mass is 9.85. The van der Waals surface area contributed by atoms with Crippen LogP contribution in [-0.4, -0.2) is 31.6 Å². The second-order valence-electron chi connectivity index (χ2n) is 6.02. The summed E-state index contributed by atoms with van der Waals surface area (Å²) in [5, 5.41) is 3.17. The lowest BCUT2D eigenvalue weighted by molar-refractivity contribution is 0.178. The number of hydrogen-bond acceptors (Lipinski definition) is 2. The van der Waals surface area contributed by atoms with E-state index < -0.39 is 11.6 Å². The number of nitrogens with one attached hydrogen (secondary N) is 1. The predicted octanol–water partition coefficient (Wildman–Crippen LogP) is 3.74. The van der Waals surface area contributed by atoms with Gasteiger partial charge in [-0.15, -0.1) is 0 Å². The summed E-state index contributed by atoms with van der Waals surface area (Å²) in [7, 11) is 1.84. The van der Waals surface area contributed by atoms with Gasteiger partial charge in [-0.2, -0.15) is 0 Å². The molecule has 0 spiro atoms. The number of rotatable bonds is 8. The molecule has 2 rings (SSSR count). The van der Waals surface area contributed by atoms with Crippen molar-refractivity contribution in [2.45, 2.75) is 38.6 Å². The van der Waals surface area contributed by atoms with Crippen LogP contribution in [0.25, 0.3) is 0 Å². The first-order valence-corrected chi connectivity index (χ1v) is 7.98. The van der Waals surface area contributed by atoms with Crippen molar-refractivity contribution in [1.82, 2.24) is 10.2 Å². The Morgan fingerprint density at radius 3 is 2.38 bits per heavy atom. The summed E-state index contributed by atoms with van der Waals surface area (Å²) >= 11 is 0. The fraction of sp³-hybridized carbons (Fsp3) is 0.647. The molecule has 1 aliphatic carbocycles. The van der Waals surface area contributed by atoms with E-state index in [1.165, 1.54) is 31.4 Å². The molecule has 1 unspecified atom stereocenters. The standard InChI is InChI=1S/C17H26F2N2/c1-3-21(12-13-5-4-6-13)8-7-17(20-2)14-9-15(18)11-16(19)10-14/h9-11,13,17,20H,3-8,12H2,1-2H3. The molecule has 21 heavy (non-hydrogen) atoms. The van der Waals surface area contributed by atoms with Crippen molar-refractivity contribution in [3.63, 3.8) is 0 Å². The molecule has 1 saturated carbocycles. The summed E-state index contributed by atoms with van der Waals surface area (Å²) in [5.74, 6) is -0.163. The third kappa shape index (κ3) is 4.75. The highest BCUT2D eigenvalue weighted by molar-refractivity contribution is 5.21. The zero-order valence-corrected chi connectivity index (χ0v) is 13.0. The van der Waals surface area contributed by atoms with Gasteiger partial charge in [0.2, 0.25) is 0 Å². The molecule has 0 radical (unpaired) electrons. The van der Waals surface area contributed by atoms with Crippen LogP contribution in [0.1, 0.15) is 44.2 Å². The maximum Gasteiger partial charge on any atom is 0.126 e. The molecule has 1 aliphatic rings. The number of benzene rings is 1. The van der Waals surface area contributed by atoms with E-state index in [1.807, 2.05) is 7.05 Å². The zero-order valence-electron chi connectivity index (χ0n) is 13.0. The quantitative estimate of drug-likeness (QED) is 0.786. The fourth-order valence-corrected chi connectivity index (χ4v) is 2.98. The van der Waals surface area contributed by atoms with E-state index in [1.54, 1.807) is 0 Å². The van der Waals surface area contributed by atoms with Gasteiger partial charge in [0, 0.05) is 18.7 Å². The molecule has 118 valence electrons. The van der Waals surface area contributed by atoms with Gasteiger partial charge in [0.15, 0.2) is 0 Å². The van der Waals surface area contributed by atoms with E-state index in [-0.39, 0.29) is 6.04 Å². The van der Waals surface area contributed by atoms with E-state index in [4.69, 9.17) is 0 Å². The average Bonchev–Trinajstić information content (AvgIpc) is 2.39. The summed E-state index contributed by atoms with van der Waals surface area (Å²) in [5.41, 5.74) is 0.690. The monoisotopic (exact) mass is 296 g/mol. The fourth-order valence-electron chi connectivity index (χ4n) is 2.98. The van der Waals surface area contributed by atoms with Gasteiger partial charge in [-0.3, -0.25) is 0 Å². The minimum Gasteiger partial charge on any atom is -0.313 e. The van der Waals surface area contributed by atoms with Crippen molar-refractivity contribution < 1.29 is 8.78 Å². The second-order valence-corrected chi connectivity index (χ2v) is 6.02. The van der Waals surface area contributed by atoms with Gasteiger partial charge in [0.1, 0.15) is 11.6 Å². The maximum absolute atomic E-state index is 13.3. The van der Waals surface area contributed by atoms with Gasteiger partial charge >= 0.3 is 0 Å². The van der Waals surface area contributed by atoms with Crippen molar-refractivity contribution in [3.8, 4) is 0 Å². The van der Waals surface area contributed by atoms with Crippen LogP contribution in [0.15, 0.2) is 18.2 Å². The molecule has 1 atom stereocenters. The van der Waals surface area contributed by atoms with Crippen LogP contribution in [0.5, 0.6) is 0 Å². The van der Waals surface area contributed by atoms with Crippen LogP contribution in [-0.2, 0) is 0 Å². The smallest absolute Gasteiger partial charge is 0.126 e. The minimum absolute atomic E-state index is 0.00867. The topological polar surface area (TPSA) is 15.3 Å². The summed E-state index contributed by atoms with van der Waals surface area (Å²) in [6.07, 6.45) is 4.92. The number of halogens is 2. The molecular formula is C17H26F2N2. The van der Waals surface area contributed by atoms with Crippen LogP contribution in [0.2, 0.25) is 0 Å². The average molecular weight is 296 g/mol. The Morgan fingerprint density at radius 1 is 1.24 bits per heavy atom. The van der Waals surface area contributed by atoms with Crippen molar-refractivity contribution >= 4 is 0 Å². The van der Waals surface area contributed by atoms with E-state index in [2.05, 4.69) is 17.1 Å². The Labute approximate surface area is 126 Å². The normalized spacial score (nSPS) is 17.0.